The summed E-state index contributed by atoms with van der Waals surface area (Å²) in [6, 6.07) is 3.47. The smallest absolute Gasteiger partial charge is 0.262 e. The zero-order valence-electron chi connectivity index (χ0n) is 7.28. The Balaban J connectivity index is 2.24. The quantitative estimate of drug-likeness (QED) is 0.771. The number of rotatable bonds is 1. The summed E-state index contributed by atoms with van der Waals surface area (Å²) in [5.41, 5.74) is 0. The summed E-state index contributed by atoms with van der Waals surface area (Å²) in [4.78, 5) is 16.7. The summed E-state index contributed by atoms with van der Waals surface area (Å²) in [6.07, 6.45) is 0.491. The summed E-state index contributed by atoms with van der Waals surface area (Å²) >= 11 is 3.24. The van der Waals surface area contributed by atoms with Crippen molar-refractivity contribution in [2.75, 3.05) is 11.4 Å². The number of alkyl halides is 1. The van der Waals surface area contributed by atoms with Crippen LogP contribution in [0.1, 0.15) is 6.42 Å². The number of anilines is 1. The largest absolute Gasteiger partial charge is 0.294 e. The number of amides is 1. The van der Waals surface area contributed by atoms with E-state index in [-0.39, 0.29) is 6.42 Å². The lowest BCUT2D eigenvalue weighted by atomic mass is 10.3. The highest BCUT2D eigenvalue weighted by Crippen LogP contribution is 2.22. The molecule has 1 aromatic heterocycles. The van der Waals surface area contributed by atoms with Crippen molar-refractivity contribution in [2.45, 2.75) is 12.6 Å². The average Bonchev–Trinajstić information content (AvgIpc) is 2.50. The van der Waals surface area contributed by atoms with Crippen LogP contribution >= 0.6 is 15.9 Å². The Kier molecular flexibility index (Phi) is 2.50. The van der Waals surface area contributed by atoms with Gasteiger partial charge in [0.1, 0.15) is 5.82 Å². The summed E-state index contributed by atoms with van der Waals surface area (Å²) in [5.74, 6) is 0.0261. The van der Waals surface area contributed by atoms with E-state index >= 15 is 0 Å². The van der Waals surface area contributed by atoms with Gasteiger partial charge in [-0.2, -0.15) is 0 Å². The third-order valence-electron chi connectivity index (χ3n) is 2.13. The molecule has 0 spiro atoms. The highest BCUT2D eigenvalue weighted by Gasteiger charge is 2.32. The highest BCUT2D eigenvalue weighted by molar-refractivity contribution is 9.10. The van der Waals surface area contributed by atoms with Crippen LogP contribution in [0, 0.1) is 0 Å². The lowest BCUT2D eigenvalue weighted by molar-refractivity contribution is -0.121. The molecule has 5 heteroatoms. The van der Waals surface area contributed by atoms with E-state index in [0.717, 1.165) is 4.47 Å². The molecule has 2 rings (SSSR count). The first kappa shape index (κ1) is 9.58. The topological polar surface area (TPSA) is 33.2 Å². The standard InChI is InChI=1S/C9H8BrFN2O/c10-6-1-2-8(12-5-6)13-4-3-7(11)9(13)14/h1-2,5,7H,3-4H2. The number of hydrogen-bond donors (Lipinski definition) is 0. The van der Waals surface area contributed by atoms with E-state index in [4.69, 9.17) is 0 Å². The first-order chi connectivity index (χ1) is 6.68. The predicted octanol–water partition coefficient (Wildman–Crippen LogP) is 1.92. The third-order valence-corrected chi connectivity index (χ3v) is 2.60. The molecule has 1 atom stereocenters. The number of halogens is 2. The van der Waals surface area contributed by atoms with Crippen molar-refractivity contribution >= 4 is 27.7 Å². The Morgan fingerprint density at radius 2 is 2.36 bits per heavy atom. The lowest BCUT2D eigenvalue weighted by Gasteiger charge is -2.13. The van der Waals surface area contributed by atoms with Gasteiger partial charge in [-0.3, -0.25) is 9.69 Å². The molecule has 0 aliphatic carbocycles. The maximum absolute atomic E-state index is 12.9. The van der Waals surface area contributed by atoms with Gasteiger partial charge in [-0.25, -0.2) is 9.37 Å². The van der Waals surface area contributed by atoms with Gasteiger partial charge < -0.3 is 0 Å². The van der Waals surface area contributed by atoms with E-state index in [0.29, 0.717) is 12.4 Å². The van der Waals surface area contributed by atoms with Gasteiger partial charge in [0.15, 0.2) is 6.17 Å². The number of aromatic nitrogens is 1. The van der Waals surface area contributed by atoms with Crippen molar-refractivity contribution in [3.63, 3.8) is 0 Å². The number of carbonyl (C=O) groups is 1. The Hall–Kier alpha value is -0.970. The van der Waals surface area contributed by atoms with Crippen molar-refractivity contribution in [3.8, 4) is 0 Å². The summed E-state index contributed by atoms with van der Waals surface area (Å²) in [7, 11) is 0. The van der Waals surface area contributed by atoms with Gasteiger partial charge in [-0.05, 0) is 28.1 Å². The van der Waals surface area contributed by atoms with E-state index in [1.807, 2.05) is 0 Å². The SMILES string of the molecule is O=C1C(F)CCN1c1ccc(Br)cn1. The molecule has 0 aromatic carbocycles. The first-order valence-corrected chi connectivity index (χ1v) is 5.05. The highest BCUT2D eigenvalue weighted by atomic mass is 79.9. The van der Waals surface area contributed by atoms with Crippen LogP contribution in [0.15, 0.2) is 22.8 Å². The molecule has 0 saturated carbocycles. The molecule has 1 saturated heterocycles. The molecule has 1 amide bonds. The van der Waals surface area contributed by atoms with E-state index in [2.05, 4.69) is 20.9 Å². The van der Waals surface area contributed by atoms with Gasteiger partial charge in [-0.1, -0.05) is 0 Å². The molecule has 2 heterocycles. The molecule has 1 unspecified atom stereocenters. The number of nitrogens with zero attached hydrogens (tertiary/aromatic N) is 2. The van der Waals surface area contributed by atoms with Crippen LogP contribution in [0.25, 0.3) is 0 Å². The van der Waals surface area contributed by atoms with E-state index < -0.39 is 12.1 Å². The second-order valence-corrected chi connectivity index (χ2v) is 4.00. The van der Waals surface area contributed by atoms with Gasteiger partial charge in [-0.15, -0.1) is 0 Å². The second-order valence-electron chi connectivity index (χ2n) is 3.08. The van der Waals surface area contributed by atoms with Crippen LogP contribution in [-0.4, -0.2) is 23.6 Å². The lowest BCUT2D eigenvalue weighted by Crippen LogP contribution is -2.28. The van der Waals surface area contributed by atoms with Gasteiger partial charge in [0, 0.05) is 23.6 Å². The maximum atomic E-state index is 12.9. The number of pyridine rings is 1. The third kappa shape index (κ3) is 1.64. The molecule has 1 aliphatic rings. The van der Waals surface area contributed by atoms with Crippen molar-refractivity contribution in [1.29, 1.82) is 0 Å². The molecular formula is C9H8BrFN2O. The Morgan fingerprint density at radius 1 is 1.57 bits per heavy atom. The van der Waals surface area contributed by atoms with Gasteiger partial charge in [0.25, 0.3) is 5.91 Å². The Morgan fingerprint density at radius 3 is 2.86 bits per heavy atom. The first-order valence-electron chi connectivity index (χ1n) is 4.25. The molecule has 0 bridgehead atoms. The fourth-order valence-electron chi connectivity index (χ4n) is 1.40. The molecule has 1 aromatic rings. The zero-order valence-corrected chi connectivity index (χ0v) is 8.87. The van der Waals surface area contributed by atoms with Crippen molar-refractivity contribution < 1.29 is 9.18 Å². The fourth-order valence-corrected chi connectivity index (χ4v) is 1.63. The number of hydrogen-bond acceptors (Lipinski definition) is 2. The van der Waals surface area contributed by atoms with Crippen LogP contribution in [-0.2, 0) is 4.79 Å². The monoisotopic (exact) mass is 258 g/mol. The van der Waals surface area contributed by atoms with E-state index in [9.17, 15) is 9.18 Å². The van der Waals surface area contributed by atoms with Crippen LogP contribution in [0.4, 0.5) is 10.2 Å². The molecule has 1 fully saturated rings. The van der Waals surface area contributed by atoms with Gasteiger partial charge >= 0.3 is 0 Å². The summed E-state index contributed by atoms with van der Waals surface area (Å²) < 4.78 is 13.7. The maximum Gasteiger partial charge on any atom is 0.262 e. The molecule has 14 heavy (non-hydrogen) atoms. The minimum atomic E-state index is -1.36. The second kappa shape index (κ2) is 3.65. The Bertz CT molecular complexity index is 354. The van der Waals surface area contributed by atoms with Crippen LogP contribution in [0.5, 0.6) is 0 Å². The Labute approximate surface area is 89.1 Å². The van der Waals surface area contributed by atoms with Gasteiger partial charge in [0.05, 0.1) is 0 Å². The molecule has 0 radical (unpaired) electrons. The van der Waals surface area contributed by atoms with Crippen LogP contribution < -0.4 is 4.90 Å². The van der Waals surface area contributed by atoms with Crippen molar-refractivity contribution in [3.05, 3.63) is 22.8 Å². The normalized spacial score (nSPS) is 21.7. The van der Waals surface area contributed by atoms with Gasteiger partial charge in [0.2, 0.25) is 0 Å². The van der Waals surface area contributed by atoms with Crippen LogP contribution in [0.2, 0.25) is 0 Å². The molecule has 0 N–H and O–H groups in total. The average molecular weight is 259 g/mol. The van der Waals surface area contributed by atoms with Crippen molar-refractivity contribution in [2.24, 2.45) is 0 Å². The molecular weight excluding hydrogens is 251 g/mol. The van der Waals surface area contributed by atoms with Crippen LogP contribution in [0.3, 0.4) is 0 Å². The van der Waals surface area contributed by atoms with E-state index in [1.165, 1.54) is 4.90 Å². The fraction of sp³-hybridized carbons (Fsp3) is 0.333. The van der Waals surface area contributed by atoms with Crippen molar-refractivity contribution in [1.82, 2.24) is 4.98 Å². The summed E-state index contributed by atoms with van der Waals surface area (Å²) in [6.45, 7) is 0.411. The molecule has 3 nitrogen and oxygen atoms in total. The minimum absolute atomic E-state index is 0.260. The zero-order chi connectivity index (χ0) is 10.1. The molecule has 1 aliphatic heterocycles. The minimum Gasteiger partial charge on any atom is -0.294 e. The molecule has 74 valence electrons. The van der Waals surface area contributed by atoms with E-state index in [1.54, 1.807) is 18.3 Å². The number of carbonyl (C=O) groups excluding carboxylic acids is 1. The summed E-state index contributed by atoms with van der Waals surface area (Å²) in [5, 5.41) is 0. The predicted molar refractivity (Wildman–Crippen MR) is 53.8 cm³/mol.